The fourth-order valence-corrected chi connectivity index (χ4v) is 4.75. The van der Waals surface area contributed by atoms with Gasteiger partial charge in [-0.15, -0.1) is 0 Å². The van der Waals surface area contributed by atoms with Crippen molar-refractivity contribution in [2.45, 2.75) is 24.9 Å². The Hall–Kier alpha value is -2.64. The third kappa shape index (κ3) is 4.21. The first-order valence-electron chi connectivity index (χ1n) is 8.85. The minimum Gasteiger partial charge on any atom is -0.368 e. The molecule has 2 aromatic rings. The van der Waals surface area contributed by atoms with E-state index in [1.165, 1.54) is 4.31 Å². The molecule has 1 aromatic heterocycles. The van der Waals surface area contributed by atoms with Crippen LogP contribution in [0, 0.1) is 25.2 Å². The van der Waals surface area contributed by atoms with E-state index in [4.69, 9.17) is 0 Å². The maximum Gasteiger partial charge on any atom is 0.416 e. The predicted octanol–water partition coefficient (Wildman–Crippen LogP) is 3.10. The van der Waals surface area contributed by atoms with E-state index >= 15 is 0 Å². The zero-order chi connectivity index (χ0) is 21.4. The molecule has 0 amide bonds. The van der Waals surface area contributed by atoms with Crippen molar-refractivity contribution in [3.05, 3.63) is 52.8 Å². The van der Waals surface area contributed by atoms with Gasteiger partial charge >= 0.3 is 6.18 Å². The summed E-state index contributed by atoms with van der Waals surface area (Å²) in [5.41, 5.74) is 1.64. The predicted molar refractivity (Wildman–Crippen MR) is 101 cm³/mol. The molecule has 1 aliphatic heterocycles. The van der Waals surface area contributed by atoms with Crippen LogP contribution in [0.4, 0.5) is 18.9 Å². The molecule has 1 aromatic carbocycles. The topological polar surface area (TPSA) is 77.3 Å². The molecular weight excluding hydrogens is 405 g/mol. The highest BCUT2D eigenvalue weighted by Gasteiger charge is 2.33. The standard InChI is InChI=1S/C19H19F3N4O2S/c1-13-11-18(17(12-23)14(2)24-13)25-7-9-26(10-8-25)29(27,28)16-5-3-15(4-6-16)19(20,21)22/h3-6,11H,7-10H2,1-2H3. The number of pyridine rings is 1. The molecule has 1 saturated heterocycles. The van der Waals surface area contributed by atoms with Crippen molar-refractivity contribution in [1.29, 1.82) is 5.26 Å². The minimum absolute atomic E-state index is 0.161. The molecule has 10 heteroatoms. The number of hydrogen-bond acceptors (Lipinski definition) is 5. The maximum absolute atomic E-state index is 12.8. The van der Waals surface area contributed by atoms with E-state index in [1.807, 2.05) is 11.8 Å². The van der Waals surface area contributed by atoms with Crippen molar-refractivity contribution in [3.8, 4) is 6.07 Å². The number of hydrogen-bond donors (Lipinski definition) is 0. The van der Waals surface area contributed by atoms with Crippen LogP contribution in [0.25, 0.3) is 0 Å². The van der Waals surface area contributed by atoms with Crippen molar-refractivity contribution < 1.29 is 21.6 Å². The van der Waals surface area contributed by atoms with Gasteiger partial charge in [0.05, 0.1) is 27.4 Å². The molecule has 6 nitrogen and oxygen atoms in total. The Morgan fingerprint density at radius 3 is 2.17 bits per heavy atom. The van der Waals surface area contributed by atoms with Gasteiger partial charge in [0.1, 0.15) is 6.07 Å². The first-order valence-corrected chi connectivity index (χ1v) is 10.3. The van der Waals surface area contributed by atoms with Gasteiger partial charge in [-0.1, -0.05) is 0 Å². The lowest BCUT2D eigenvalue weighted by molar-refractivity contribution is -0.137. The lowest BCUT2D eigenvalue weighted by Gasteiger charge is -2.36. The molecule has 154 valence electrons. The van der Waals surface area contributed by atoms with E-state index in [2.05, 4.69) is 11.1 Å². The molecule has 0 saturated carbocycles. The van der Waals surface area contributed by atoms with Gasteiger partial charge in [-0.2, -0.15) is 22.7 Å². The summed E-state index contributed by atoms with van der Waals surface area (Å²) < 4.78 is 64.9. The number of alkyl halides is 3. The summed E-state index contributed by atoms with van der Waals surface area (Å²) in [4.78, 5) is 6.04. The first-order chi connectivity index (χ1) is 13.5. The Bertz CT molecular complexity index is 1050. The van der Waals surface area contributed by atoms with E-state index in [-0.39, 0.29) is 18.0 Å². The smallest absolute Gasteiger partial charge is 0.368 e. The Balaban J connectivity index is 1.78. The number of aryl methyl sites for hydroxylation is 2. The summed E-state index contributed by atoms with van der Waals surface area (Å²) in [5, 5.41) is 9.43. The minimum atomic E-state index is -4.52. The van der Waals surface area contributed by atoms with Crippen molar-refractivity contribution in [3.63, 3.8) is 0 Å². The van der Waals surface area contributed by atoms with Gasteiger partial charge in [0.25, 0.3) is 0 Å². The Labute approximate surface area is 167 Å². The van der Waals surface area contributed by atoms with Crippen LogP contribution in [0.5, 0.6) is 0 Å². The lowest BCUT2D eigenvalue weighted by atomic mass is 10.1. The molecule has 0 atom stereocenters. The highest BCUT2D eigenvalue weighted by molar-refractivity contribution is 7.89. The summed E-state index contributed by atoms with van der Waals surface area (Å²) in [6, 6.07) is 7.44. The van der Waals surface area contributed by atoms with Gasteiger partial charge in [0, 0.05) is 31.9 Å². The molecule has 0 N–H and O–H groups in total. The van der Waals surface area contributed by atoms with Crippen molar-refractivity contribution in [2.75, 3.05) is 31.1 Å². The van der Waals surface area contributed by atoms with Gasteiger partial charge < -0.3 is 4.90 Å². The first kappa shape index (κ1) is 21.1. The summed E-state index contributed by atoms with van der Waals surface area (Å²) in [6.07, 6.45) is -4.52. The monoisotopic (exact) mass is 424 g/mol. The maximum atomic E-state index is 12.8. The van der Waals surface area contributed by atoms with Gasteiger partial charge in [-0.3, -0.25) is 4.98 Å². The number of sulfonamides is 1. The number of piperazine rings is 1. The molecule has 0 bridgehead atoms. The third-order valence-electron chi connectivity index (χ3n) is 4.82. The van der Waals surface area contributed by atoms with Gasteiger partial charge in [0.15, 0.2) is 0 Å². The normalized spacial score (nSPS) is 15.9. The number of halogens is 3. The largest absolute Gasteiger partial charge is 0.416 e. The van der Waals surface area contributed by atoms with Crippen LogP contribution in [0.3, 0.4) is 0 Å². The molecule has 1 fully saturated rings. The van der Waals surface area contributed by atoms with Crippen LogP contribution >= 0.6 is 0 Å². The van der Waals surface area contributed by atoms with Crippen LogP contribution < -0.4 is 4.90 Å². The van der Waals surface area contributed by atoms with E-state index in [0.717, 1.165) is 30.0 Å². The number of rotatable bonds is 3. The number of aromatic nitrogens is 1. The van der Waals surface area contributed by atoms with Crippen molar-refractivity contribution in [2.24, 2.45) is 0 Å². The summed E-state index contributed by atoms with van der Waals surface area (Å²) in [6.45, 7) is 4.61. The van der Waals surface area contributed by atoms with E-state index in [0.29, 0.717) is 30.0 Å². The fourth-order valence-electron chi connectivity index (χ4n) is 3.33. The highest BCUT2D eigenvalue weighted by Crippen LogP contribution is 2.31. The Morgan fingerprint density at radius 1 is 1.07 bits per heavy atom. The fraction of sp³-hybridized carbons (Fsp3) is 0.368. The summed E-state index contributed by atoms with van der Waals surface area (Å²) in [7, 11) is -3.90. The average molecular weight is 424 g/mol. The average Bonchev–Trinajstić information content (AvgIpc) is 2.67. The quantitative estimate of drug-likeness (QED) is 0.757. The molecule has 0 radical (unpaired) electrons. The Kier molecular flexibility index (Phi) is 5.56. The lowest BCUT2D eigenvalue weighted by Crippen LogP contribution is -2.49. The number of anilines is 1. The molecule has 1 aliphatic rings. The second-order valence-electron chi connectivity index (χ2n) is 6.77. The van der Waals surface area contributed by atoms with Gasteiger partial charge in [-0.25, -0.2) is 8.42 Å². The number of nitriles is 1. The SMILES string of the molecule is Cc1cc(N2CCN(S(=O)(=O)c3ccc(C(F)(F)F)cc3)CC2)c(C#N)c(C)n1. The zero-order valence-electron chi connectivity index (χ0n) is 15.9. The van der Waals surface area contributed by atoms with Crippen LogP contribution in [0.1, 0.15) is 22.5 Å². The van der Waals surface area contributed by atoms with Crippen molar-refractivity contribution in [1.82, 2.24) is 9.29 Å². The molecule has 0 spiro atoms. The Morgan fingerprint density at radius 2 is 1.66 bits per heavy atom. The van der Waals surface area contributed by atoms with E-state index in [9.17, 15) is 26.9 Å². The van der Waals surface area contributed by atoms with Crippen LogP contribution in [-0.2, 0) is 16.2 Å². The van der Waals surface area contributed by atoms with Crippen molar-refractivity contribution >= 4 is 15.7 Å². The van der Waals surface area contributed by atoms with Crippen LogP contribution in [0.2, 0.25) is 0 Å². The highest BCUT2D eigenvalue weighted by atomic mass is 32.2. The zero-order valence-corrected chi connectivity index (χ0v) is 16.7. The second kappa shape index (κ2) is 7.65. The molecule has 0 unspecified atom stereocenters. The van der Waals surface area contributed by atoms with E-state index in [1.54, 1.807) is 13.0 Å². The molecule has 29 heavy (non-hydrogen) atoms. The molecular formula is C19H19F3N4O2S. The number of benzene rings is 1. The van der Waals surface area contributed by atoms with Crippen LogP contribution in [0.15, 0.2) is 35.2 Å². The molecule has 3 rings (SSSR count). The third-order valence-corrected chi connectivity index (χ3v) is 6.73. The van der Waals surface area contributed by atoms with E-state index < -0.39 is 21.8 Å². The van der Waals surface area contributed by atoms with Gasteiger partial charge in [0.2, 0.25) is 10.0 Å². The second-order valence-corrected chi connectivity index (χ2v) is 8.71. The molecule has 0 aliphatic carbocycles. The molecule has 2 heterocycles. The van der Waals surface area contributed by atoms with Crippen LogP contribution in [-0.4, -0.2) is 43.9 Å². The number of nitrogens with zero attached hydrogens (tertiary/aromatic N) is 4. The van der Waals surface area contributed by atoms with Gasteiger partial charge in [-0.05, 0) is 44.2 Å². The summed E-state index contributed by atoms with van der Waals surface area (Å²) >= 11 is 0. The summed E-state index contributed by atoms with van der Waals surface area (Å²) in [5.74, 6) is 0.